The predicted molar refractivity (Wildman–Crippen MR) is 55.7 cm³/mol. The highest BCUT2D eigenvalue weighted by molar-refractivity contribution is 7.09. The number of ether oxygens (including phenoxy) is 1. The molecule has 0 saturated carbocycles. The van der Waals surface area contributed by atoms with Crippen LogP contribution in [0.3, 0.4) is 0 Å². The highest BCUT2D eigenvalue weighted by Crippen LogP contribution is 2.09. The van der Waals surface area contributed by atoms with Gasteiger partial charge in [-0.15, -0.1) is 11.3 Å². The summed E-state index contributed by atoms with van der Waals surface area (Å²) in [6.45, 7) is 2.37. The summed E-state index contributed by atoms with van der Waals surface area (Å²) in [6, 6.07) is 4.05. The summed E-state index contributed by atoms with van der Waals surface area (Å²) in [4.78, 5) is 11.6. The Morgan fingerprint density at radius 3 is 3.07 bits per heavy atom. The van der Waals surface area contributed by atoms with Crippen molar-refractivity contribution in [1.29, 1.82) is 0 Å². The molecule has 1 aromatic rings. The van der Waals surface area contributed by atoms with E-state index >= 15 is 0 Å². The molecule has 1 aromatic heterocycles. The molecule has 1 rings (SSSR count). The van der Waals surface area contributed by atoms with Crippen molar-refractivity contribution < 1.29 is 14.6 Å². The zero-order valence-electron chi connectivity index (χ0n) is 8.10. The summed E-state index contributed by atoms with van der Waals surface area (Å²) >= 11 is 1.69. The SMILES string of the molecule is C[C@@H](CC(=O)O)OCCc1cccs1. The molecule has 0 spiro atoms. The number of carboxylic acids is 1. The first-order valence-electron chi connectivity index (χ1n) is 4.54. The van der Waals surface area contributed by atoms with E-state index in [4.69, 9.17) is 9.84 Å². The van der Waals surface area contributed by atoms with Gasteiger partial charge in [0.25, 0.3) is 0 Å². The molecule has 0 aliphatic heterocycles. The first-order chi connectivity index (χ1) is 6.68. The van der Waals surface area contributed by atoms with Gasteiger partial charge in [-0.1, -0.05) is 6.07 Å². The van der Waals surface area contributed by atoms with Crippen molar-refractivity contribution in [1.82, 2.24) is 0 Å². The lowest BCUT2D eigenvalue weighted by Gasteiger charge is -2.09. The van der Waals surface area contributed by atoms with Crippen LogP contribution < -0.4 is 0 Å². The second-order valence-electron chi connectivity index (χ2n) is 3.11. The molecule has 0 aliphatic rings. The summed E-state index contributed by atoms with van der Waals surface area (Å²) in [5, 5.41) is 10.5. The summed E-state index contributed by atoms with van der Waals surface area (Å²) in [7, 11) is 0. The van der Waals surface area contributed by atoms with Crippen LogP contribution in [0.4, 0.5) is 0 Å². The molecule has 0 fully saturated rings. The van der Waals surface area contributed by atoms with E-state index in [1.165, 1.54) is 4.88 Å². The second-order valence-corrected chi connectivity index (χ2v) is 4.14. The zero-order chi connectivity index (χ0) is 10.4. The quantitative estimate of drug-likeness (QED) is 0.789. The average molecular weight is 214 g/mol. The van der Waals surface area contributed by atoms with Gasteiger partial charge in [0.2, 0.25) is 0 Å². The third-order valence-electron chi connectivity index (χ3n) is 1.79. The van der Waals surface area contributed by atoms with Crippen LogP contribution in [0.25, 0.3) is 0 Å². The van der Waals surface area contributed by atoms with Gasteiger partial charge in [-0.2, -0.15) is 0 Å². The Morgan fingerprint density at radius 1 is 1.71 bits per heavy atom. The van der Waals surface area contributed by atoms with Crippen molar-refractivity contribution in [3.05, 3.63) is 22.4 Å². The van der Waals surface area contributed by atoms with Crippen LogP contribution in [0.2, 0.25) is 0 Å². The van der Waals surface area contributed by atoms with E-state index in [0.29, 0.717) is 6.61 Å². The number of aliphatic carboxylic acids is 1. The Labute approximate surface area is 87.3 Å². The van der Waals surface area contributed by atoms with Crippen molar-refractivity contribution in [2.75, 3.05) is 6.61 Å². The lowest BCUT2D eigenvalue weighted by molar-refractivity contribution is -0.139. The fraction of sp³-hybridized carbons (Fsp3) is 0.500. The minimum absolute atomic E-state index is 0.0738. The molecule has 3 nitrogen and oxygen atoms in total. The maximum atomic E-state index is 10.3. The number of hydrogen-bond acceptors (Lipinski definition) is 3. The Hall–Kier alpha value is -0.870. The van der Waals surface area contributed by atoms with Gasteiger partial charge in [0, 0.05) is 11.3 Å². The number of carboxylic acid groups (broad SMARTS) is 1. The largest absolute Gasteiger partial charge is 0.481 e. The van der Waals surface area contributed by atoms with E-state index in [9.17, 15) is 4.79 Å². The maximum Gasteiger partial charge on any atom is 0.305 e. The molecule has 14 heavy (non-hydrogen) atoms. The Bertz CT molecular complexity index is 269. The second kappa shape index (κ2) is 5.78. The number of rotatable bonds is 6. The van der Waals surface area contributed by atoms with Gasteiger partial charge in [0.05, 0.1) is 19.1 Å². The first-order valence-corrected chi connectivity index (χ1v) is 5.42. The van der Waals surface area contributed by atoms with Crippen molar-refractivity contribution in [2.24, 2.45) is 0 Å². The third kappa shape index (κ3) is 4.39. The van der Waals surface area contributed by atoms with Gasteiger partial charge in [0.1, 0.15) is 0 Å². The number of thiophene rings is 1. The monoisotopic (exact) mass is 214 g/mol. The van der Waals surface area contributed by atoms with Gasteiger partial charge in [-0.25, -0.2) is 0 Å². The Balaban J connectivity index is 2.12. The zero-order valence-corrected chi connectivity index (χ0v) is 8.92. The minimum atomic E-state index is -0.811. The Kier molecular flexibility index (Phi) is 4.62. The predicted octanol–water partition coefficient (Wildman–Crippen LogP) is 2.17. The van der Waals surface area contributed by atoms with Gasteiger partial charge >= 0.3 is 5.97 Å². The summed E-state index contributed by atoms with van der Waals surface area (Å²) in [5.41, 5.74) is 0. The minimum Gasteiger partial charge on any atom is -0.481 e. The van der Waals surface area contributed by atoms with E-state index in [0.717, 1.165) is 6.42 Å². The van der Waals surface area contributed by atoms with Gasteiger partial charge < -0.3 is 9.84 Å². The molecule has 0 amide bonds. The van der Waals surface area contributed by atoms with Gasteiger partial charge in [-0.05, 0) is 18.4 Å². The van der Waals surface area contributed by atoms with Crippen LogP contribution in [0.5, 0.6) is 0 Å². The molecule has 1 N–H and O–H groups in total. The lowest BCUT2D eigenvalue weighted by atomic mass is 10.3. The van der Waals surface area contributed by atoms with E-state index in [1.54, 1.807) is 18.3 Å². The van der Waals surface area contributed by atoms with Crippen molar-refractivity contribution >= 4 is 17.3 Å². The van der Waals surface area contributed by atoms with E-state index < -0.39 is 5.97 Å². The highest BCUT2D eigenvalue weighted by Gasteiger charge is 2.07. The topological polar surface area (TPSA) is 46.5 Å². The summed E-state index contributed by atoms with van der Waals surface area (Å²) < 4.78 is 5.35. The molecule has 0 radical (unpaired) electrons. The standard InChI is InChI=1S/C10H14O3S/c1-8(7-10(11)12)13-5-4-9-3-2-6-14-9/h2-3,6,8H,4-5,7H2,1H3,(H,11,12)/t8-/m0/s1. The molecular formula is C10H14O3S. The molecule has 0 bridgehead atoms. The molecule has 0 saturated heterocycles. The fourth-order valence-corrected chi connectivity index (χ4v) is 1.81. The number of hydrogen-bond donors (Lipinski definition) is 1. The molecule has 4 heteroatoms. The normalized spacial score (nSPS) is 12.6. The first kappa shape index (κ1) is 11.2. The molecular weight excluding hydrogens is 200 g/mol. The number of carbonyl (C=O) groups is 1. The van der Waals surface area contributed by atoms with Crippen molar-refractivity contribution in [3.63, 3.8) is 0 Å². The summed E-state index contributed by atoms with van der Waals surface area (Å²) in [6.07, 6.45) is 0.735. The van der Waals surface area contributed by atoms with Crippen LogP contribution in [0.15, 0.2) is 17.5 Å². The van der Waals surface area contributed by atoms with Crippen LogP contribution in [0, 0.1) is 0 Å². The van der Waals surface area contributed by atoms with Gasteiger partial charge in [-0.3, -0.25) is 4.79 Å². The summed E-state index contributed by atoms with van der Waals surface area (Å²) in [5.74, 6) is -0.811. The molecule has 1 atom stereocenters. The van der Waals surface area contributed by atoms with Crippen LogP contribution in [-0.4, -0.2) is 23.8 Å². The molecule has 1 heterocycles. The molecule has 0 aliphatic carbocycles. The molecule has 0 aromatic carbocycles. The van der Waals surface area contributed by atoms with Crippen molar-refractivity contribution in [2.45, 2.75) is 25.9 Å². The third-order valence-corrected chi connectivity index (χ3v) is 2.73. The smallest absolute Gasteiger partial charge is 0.305 e. The highest BCUT2D eigenvalue weighted by atomic mass is 32.1. The average Bonchev–Trinajstić information content (AvgIpc) is 2.55. The van der Waals surface area contributed by atoms with E-state index in [-0.39, 0.29) is 12.5 Å². The van der Waals surface area contributed by atoms with Crippen LogP contribution in [0.1, 0.15) is 18.2 Å². The maximum absolute atomic E-state index is 10.3. The fourth-order valence-electron chi connectivity index (χ4n) is 1.12. The van der Waals surface area contributed by atoms with Crippen molar-refractivity contribution in [3.8, 4) is 0 Å². The lowest BCUT2D eigenvalue weighted by Crippen LogP contribution is -2.15. The van der Waals surface area contributed by atoms with Crippen LogP contribution in [-0.2, 0) is 16.0 Å². The molecule has 78 valence electrons. The Morgan fingerprint density at radius 2 is 2.50 bits per heavy atom. The van der Waals surface area contributed by atoms with Crippen LogP contribution >= 0.6 is 11.3 Å². The van der Waals surface area contributed by atoms with E-state index in [1.807, 2.05) is 11.4 Å². The van der Waals surface area contributed by atoms with E-state index in [2.05, 4.69) is 6.07 Å². The molecule has 0 unspecified atom stereocenters. The van der Waals surface area contributed by atoms with Gasteiger partial charge in [0.15, 0.2) is 0 Å².